The number of carbonyl (C=O) groups excluding carboxylic acids is 2. The fourth-order valence-corrected chi connectivity index (χ4v) is 4.53. The van der Waals surface area contributed by atoms with Crippen molar-refractivity contribution in [3.63, 3.8) is 0 Å². The van der Waals surface area contributed by atoms with Crippen molar-refractivity contribution in [2.24, 2.45) is 11.1 Å². The SMILES string of the molecule is CC(C)(C)C(=O)OCn1cc(F)c(Cn2c(C(N)=O)c(-c3ccc[nH]c3=O)c3c4occc4c(F)cc32)cc1=O. The number of carbonyl (C=O) groups is 2. The number of rotatable bonds is 6. The molecule has 0 aliphatic heterocycles. The molecule has 0 fully saturated rings. The number of nitrogens with zero attached hydrogens (tertiary/aromatic N) is 2. The number of benzene rings is 1. The van der Waals surface area contributed by atoms with Gasteiger partial charge in [-0.05, 0) is 45.0 Å². The molecule has 0 bridgehead atoms. The summed E-state index contributed by atoms with van der Waals surface area (Å²) in [6.07, 6.45) is 3.54. The van der Waals surface area contributed by atoms with Gasteiger partial charge in [-0.3, -0.25) is 23.7 Å². The highest BCUT2D eigenvalue weighted by atomic mass is 19.1. The minimum atomic E-state index is -0.975. The first-order chi connectivity index (χ1) is 18.9. The number of nitrogens with two attached hydrogens (primary N) is 1. The molecule has 0 aliphatic rings. The van der Waals surface area contributed by atoms with E-state index in [-0.39, 0.29) is 44.3 Å². The van der Waals surface area contributed by atoms with E-state index < -0.39 is 53.3 Å². The quantitative estimate of drug-likeness (QED) is 0.307. The Kier molecular flexibility index (Phi) is 6.41. The summed E-state index contributed by atoms with van der Waals surface area (Å²) in [5, 5.41) is 0.322. The first-order valence-electron chi connectivity index (χ1n) is 12.1. The lowest BCUT2D eigenvalue weighted by Gasteiger charge is -2.17. The maximum Gasteiger partial charge on any atom is 0.312 e. The minimum absolute atomic E-state index is 0.0564. The molecule has 40 heavy (non-hydrogen) atoms. The van der Waals surface area contributed by atoms with Crippen molar-refractivity contribution in [1.82, 2.24) is 14.1 Å². The molecule has 5 rings (SSSR count). The number of nitrogens with one attached hydrogen (secondary N) is 1. The molecule has 0 unspecified atom stereocenters. The summed E-state index contributed by atoms with van der Waals surface area (Å²) >= 11 is 0. The molecule has 4 heterocycles. The van der Waals surface area contributed by atoms with Crippen molar-refractivity contribution in [2.45, 2.75) is 34.0 Å². The van der Waals surface area contributed by atoms with Crippen LogP contribution in [0.4, 0.5) is 8.78 Å². The molecule has 0 spiro atoms. The van der Waals surface area contributed by atoms with E-state index in [1.54, 1.807) is 26.8 Å². The van der Waals surface area contributed by atoms with Gasteiger partial charge in [0, 0.05) is 29.6 Å². The molecule has 1 aromatic carbocycles. The van der Waals surface area contributed by atoms with Gasteiger partial charge >= 0.3 is 5.97 Å². The first-order valence-corrected chi connectivity index (χ1v) is 12.1. The zero-order valence-electron chi connectivity index (χ0n) is 21.7. The van der Waals surface area contributed by atoms with Crippen molar-refractivity contribution < 1.29 is 27.5 Å². The van der Waals surface area contributed by atoms with Crippen molar-refractivity contribution in [2.75, 3.05) is 0 Å². The fourth-order valence-electron chi connectivity index (χ4n) is 4.53. The number of halogens is 2. The van der Waals surface area contributed by atoms with Crippen LogP contribution in [0.25, 0.3) is 33.0 Å². The molecule has 0 saturated carbocycles. The van der Waals surface area contributed by atoms with Gasteiger partial charge in [0.25, 0.3) is 17.0 Å². The van der Waals surface area contributed by atoms with Crippen LogP contribution in [0.2, 0.25) is 0 Å². The third-order valence-corrected chi connectivity index (χ3v) is 6.47. The van der Waals surface area contributed by atoms with Crippen LogP contribution in [0, 0.1) is 17.0 Å². The molecule has 1 amide bonds. The number of ether oxygens (including phenoxy) is 1. The number of esters is 1. The van der Waals surface area contributed by atoms with E-state index in [0.29, 0.717) is 0 Å². The third-order valence-electron chi connectivity index (χ3n) is 6.47. The molecule has 12 heteroatoms. The zero-order chi connectivity index (χ0) is 28.9. The lowest BCUT2D eigenvalue weighted by Crippen LogP contribution is -2.28. The van der Waals surface area contributed by atoms with Gasteiger partial charge in [-0.25, -0.2) is 8.78 Å². The second-order valence-corrected chi connectivity index (χ2v) is 10.3. The van der Waals surface area contributed by atoms with E-state index in [4.69, 9.17) is 14.9 Å². The Labute approximate surface area is 224 Å². The van der Waals surface area contributed by atoms with Crippen molar-refractivity contribution in [3.05, 3.63) is 92.6 Å². The van der Waals surface area contributed by atoms with E-state index in [1.165, 1.54) is 29.2 Å². The van der Waals surface area contributed by atoms with Crippen LogP contribution in [-0.4, -0.2) is 26.0 Å². The topological polar surface area (TPSA) is 142 Å². The lowest BCUT2D eigenvalue weighted by molar-refractivity contribution is -0.157. The van der Waals surface area contributed by atoms with Crippen LogP contribution in [0.15, 0.2) is 63.0 Å². The summed E-state index contributed by atoms with van der Waals surface area (Å²) < 4.78 is 43.2. The van der Waals surface area contributed by atoms with Gasteiger partial charge in [0.1, 0.15) is 22.9 Å². The minimum Gasteiger partial charge on any atom is -0.463 e. The average Bonchev–Trinajstić information content (AvgIpc) is 3.48. The number of pyridine rings is 2. The van der Waals surface area contributed by atoms with E-state index in [1.807, 2.05) is 0 Å². The molecular formula is C28H24F2N4O6. The molecule has 0 atom stereocenters. The highest BCUT2D eigenvalue weighted by molar-refractivity contribution is 6.17. The van der Waals surface area contributed by atoms with Gasteiger partial charge in [0.2, 0.25) is 0 Å². The first kappa shape index (κ1) is 26.6. The standard InChI is InChI=1S/C28H24F2N4O6/c1-28(2,3)27(38)40-13-33-12-18(30)14(9-20(33)35)11-34-19-10-17(29)15-6-8-39-24(15)22(19)21(23(34)25(31)36)16-5-4-7-32-26(16)37/h4-10,12H,11,13H2,1-3H3,(H2,31,36)(H,32,37). The Hall–Kier alpha value is -5.00. The fraction of sp³-hybridized carbons (Fsp3) is 0.214. The number of fused-ring (bicyclic) bond motifs is 3. The van der Waals surface area contributed by atoms with Crippen LogP contribution in [-0.2, 0) is 22.8 Å². The summed E-state index contributed by atoms with van der Waals surface area (Å²) in [6, 6.07) is 6.51. The van der Waals surface area contributed by atoms with E-state index in [2.05, 4.69) is 4.98 Å². The Bertz CT molecular complexity index is 1940. The summed E-state index contributed by atoms with van der Waals surface area (Å²) in [6.45, 7) is 3.98. The van der Waals surface area contributed by atoms with Crippen molar-refractivity contribution in [1.29, 1.82) is 0 Å². The number of primary amides is 1. The number of amides is 1. The summed E-state index contributed by atoms with van der Waals surface area (Å²) in [4.78, 5) is 53.0. The van der Waals surface area contributed by atoms with E-state index in [0.717, 1.165) is 22.9 Å². The van der Waals surface area contributed by atoms with E-state index in [9.17, 15) is 19.2 Å². The number of furan rings is 1. The Balaban J connectivity index is 1.70. The molecule has 0 aliphatic carbocycles. The molecule has 10 nitrogen and oxygen atoms in total. The van der Waals surface area contributed by atoms with Gasteiger partial charge in [-0.15, -0.1) is 0 Å². The maximum absolute atomic E-state index is 15.3. The number of aromatic amines is 1. The van der Waals surface area contributed by atoms with Crippen LogP contribution in [0.5, 0.6) is 0 Å². The Morgan fingerprint density at radius 2 is 1.88 bits per heavy atom. The lowest BCUT2D eigenvalue weighted by atomic mass is 9.98. The Morgan fingerprint density at radius 3 is 2.55 bits per heavy atom. The molecule has 5 aromatic rings. The molecule has 206 valence electrons. The second kappa shape index (κ2) is 9.63. The smallest absolute Gasteiger partial charge is 0.312 e. The normalized spacial score (nSPS) is 11.8. The number of aromatic nitrogens is 3. The molecule has 0 radical (unpaired) electrons. The molecule has 0 saturated heterocycles. The van der Waals surface area contributed by atoms with Crippen molar-refractivity contribution in [3.8, 4) is 11.1 Å². The zero-order valence-corrected chi connectivity index (χ0v) is 21.7. The van der Waals surface area contributed by atoms with Crippen LogP contribution < -0.4 is 16.9 Å². The second-order valence-electron chi connectivity index (χ2n) is 10.3. The number of H-pyrrole nitrogens is 1. The predicted molar refractivity (Wildman–Crippen MR) is 142 cm³/mol. The van der Waals surface area contributed by atoms with Crippen molar-refractivity contribution >= 4 is 33.7 Å². The molecule has 4 aromatic heterocycles. The van der Waals surface area contributed by atoms with Crippen LogP contribution in [0.3, 0.4) is 0 Å². The summed E-state index contributed by atoms with van der Waals surface area (Å²) in [5.74, 6) is -3.10. The summed E-state index contributed by atoms with van der Waals surface area (Å²) in [5.41, 5.74) is 3.63. The molecule has 3 N–H and O–H groups in total. The average molecular weight is 551 g/mol. The monoisotopic (exact) mass is 550 g/mol. The van der Waals surface area contributed by atoms with Gasteiger partial charge in [-0.2, -0.15) is 0 Å². The summed E-state index contributed by atoms with van der Waals surface area (Å²) in [7, 11) is 0. The maximum atomic E-state index is 15.3. The number of hydrogen-bond acceptors (Lipinski definition) is 6. The van der Waals surface area contributed by atoms with Gasteiger partial charge < -0.3 is 24.4 Å². The predicted octanol–water partition coefficient (Wildman–Crippen LogP) is 3.88. The Morgan fingerprint density at radius 1 is 1.12 bits per heavy atom. The number of hydrogen-bond donors (Lipinski definition) is 2. The van der Waals surface area contributed by atoms with Crippen LogP contribution >= 0.6 is 0 Å². The highest BCUT2D eigenvalue weighted by Crippen LogP contribution is 2.40. The highest BCUT2D eigenvalue weighted by Gasteiger charge is 2.29. The van der Waals surface area contributed by atoms with Gasteiger partial charge in [-0.1, -0.05) is 0 Å². The van der Waals surface area contributed by atoms with Gasteiger partial charge in [0.05, 0.1) is 40.1 Å². The third kappa shape index (κ3) is 4.46. The largest absolute Gasteiger partial charge is 0.463 e. The van der Waals surface area contributed by atoms with E-state index >= 15 is 8.78 Å². The molecular weight excluding hydrogens is 526 g/mol. The van der Waals surface area contributed by atoms with Gasteiger partial charge in [0.15, 0.2) is 6.73 Å². The van der Waals surface area contributed by atoms with Crippen LogP contribution in [0.1, 0.15) is 36.8 Å².